The molecule has 0 saturated heterocycles. The third-order valence-electron chi connectivity index (χ3n) is 5.28. The number of benzene rings is 1. The molecular weight excluding hydrogens is 370 g/mol. The van der Waals surface area contributed by atoms with E-state index in [4.69, 9.17) is 0 Å². The Labute approximate surface area is 169 Å². The quantitative estimate of drug-likeness (QED) is 0.718. The first-order valence-electron chi connectivity index (χ1n) is 9.66. The highest BCUT2D eigenvalue weighted by Gasteiger charge is 2.21. The Balaban J connectivity index is 1.48. The number of nitrogens with one attached hydrogen (secondary N) is 1. The Kier molecular flexibility index (Phi) is 5.28. The summed E-state index contributed by atoms with van der Waals surface area (Å²) < 4.78 is 1.90. The first kappa shape index (κ1) is 18.8. The Hall–Kier alpha value is -2.51. The average molecular weight is 396 g/mol. The highest BCUT2D eigenvalue weighted by atomic mass is 32.1. The SMILES string of the molecule is CCN1CCc2nc(NC(=O)Cc3c(C)nn(-c4ccccc4)c3C)sc2C1. The van der Waals surface area contributed by atoms with Gasteiger partial charge in [-0.25, -0.2) is 9.67 Å². The summed E-state index contributed by atoms with van der Waals surface area (Å²) in [5.41, 5.74) is 4.99. The summed E-state index contributed by atoms with van der Waals surface area (Å²) in [7, 11) is 0. The Morgan fingerprint density at radius 3 is 2.79 bits per heavy atom. The van der Waals surface area contributed by atoms with E-state index in [1.807, 2.05) is 48.9 Å². The first-order valence-corrected chi connectivity index (χ1v) is 10.5. The van der Waals surface area contributed by atoms with Crippen molar-refractivity contribution in [2.24, 2.45) is 0 Å². The number of carbonyl (C=O) groups is 1. The molecule has 2 aromatic heterocycles. The molecule has 0 radical (unpaired) electrons. The molecule has 0 spiro atoms. The molecule has 1 N–H and O–H groups in total. The number of amides is 1. The number of aryl methyl sites for hydroxylation is 1. The van der Waals surface area contributed by atoms with Gasteiger partial charge in [0.25, 0.3) is 0 Å². The van der Waals surface area contributed by atoms with Crippen molar-refractivity contribution >= 4 is 22.4 Å². The minimum Gasteiger partial charge on any atom is -0.302 e. The fourth-order valence-electron chi connectivity index (χ4n) is 3.65. The smallest absolute Gasteiger partial charge is 0.230 e. The fourth-order valence-corrected chi connectivity index (χ4v) is 4.71. The van der Waals surface area contributed by atoms with E-state index in [-0.39, 0.29) is 5.91 Å². The number of likely N-dealkylation sites (N-methyl/N-ethyl adjacent to an activating group) is 1. The van der Waals surface area contributed by atoms with Gasteiger partial charge in [0, 0.05) is 35.6 Å². The zero-order valence-corrected chi connectivity index (χ0v) is 17.3. The molecule has 1 aliphatic rings. The predicted molar refractivity (Wildman–Crippen MR) is 112 cm³/mol. The van der Waals surface area contributed by atoms with Gasteiger partial charge in [-0.3, -0.25) is 9.69 Å². The number of fused-ring (bicyclic) bond motifs is 1. The highest BCUT2D eigenvalue weighted by molar-refractivity contribution is 7.15. The van der Waals surface area contributed by atoms with E-state index in [1.54, 1.807) is 11.3 Å². The molecule has 1 amide bonds. The van der Waals surface area contributed by atoms with Crippen LogP contribution >= 0.6 is 11.3 Å². The van der Waals surface area contributed by atoms with Gasteiger partial charge in [-0.15, -0.1) is 11.3 Å². The Bertz CT molecular complexity index is 992. The molecule has 0 unspecified atom stereocenters. The van der Waals surface area contributed by atoms with Crippen molar-refractivity contribution in [2.75, 3.05) is 18.4 Å². The summed E-state index contributed by atoms with van der Waals surface area (Å²) in [5, 5.41) is 8.33. The van der Waals surface area contributed by atoms with E-state index >= 15 is 0 Å². The summed E-state index contributed by atoms with van der Waals surface area (Å²) in [6.07, 6.45) is 1.26. The van der Waals surface area contributed by atoms with Crippen LogP contribution in [0.5, 0.6) is 0 Å². The van der Waals surface area contributed by atoms with Gasteiger partial charge in [0.15, 0.2) is 5.13 Å². The fraction of sp³-hybridized carbons (Fsp3) is 0.381. The molecule has 146 valence electrons. The van der Waals surface area contributed by atoms with Crippen LogP contribution in [0.4, 0.5) is 5.13 Å². The Morgan fingerprint density at radius 2 is 2.04 bits per heavy atom. The third-order valence-corrected chi connectivity index (χ3v) is 6.28. The highest BCUT2D eigenvalue weighted by Crippen LogP contribution is 2.28. The molecule has 28 heavy (non-hydrogen) atoms. The zero-order chi connectivity index (χ0) is 19.7. The summed E-state index contributed by atoms with van der Waals surface area (Å²) in [5.74, 6) is -0.0442. The third kappa shape index (κ3) is 3.72. The second kappa shape index (κ2) is 7.85. The molecule has 4 rings (SSSR count). The molecule has 0 bridgehead atoms. The van der Waals surface area contributed by atoms with Crippen LogP contribution in [0.25, 0.3) is 5.69 Å². The van der Waals surface area contributed by atoms with Crippen LogP contribution in [-0.4, -0.2) is 38.7 Å². The molecule has 1 aromatic carbocycles. The molecular formula is C21H25N5OS. The Morgan fingerprint density at radius 1 is 1.25 bits per heavy atom. The number of anilines is 1. The lowest BCUT2D eigenvalue weighted by atomic mass is 10.1. The summed E-state index contributed by atoms with van der Waals surface area (Å²) in [4.78, 5) is 21.0. The minimum absolute atomic E-state index is 0.0442. The topological polar surface area (TPSA) is 63.1 Å². The van der Waals surface area contributed by atoms with Crippen LogP contribution in [0.3, 0.4) is 0 Å². The molecule has 7 heteroatoms. The van der Waals surface area contributed by atoms with Crippen LogP contribution in [0.15, 0.2) is 30.3 Å². The molecule has 0 saturated carbocycles. The van der Waals surface area contributed by atoms with Crippen LogP contribution in [0, 0.1) is 13.8 Å². The number of hydrogen-bond acceptors (Lipinski definition) is 5. The largest absolute Gasteiger partial charge is 0.302 e. The maximum Gasteiger partial charge on any atom is 0.230 e. The van der Waals surface area contributed by atoms with E-state index < -0.39 is 0 Å². The summed E-state index contributed by atoms with van der Waals surface area (Å²) in [6, 6.07) is 9.99. The number of rotatable bonds is 5. The monoisotopic (exact) mass is 395 g/mol. The average Bonchev–Trinajstić information content (AvgIpc) is 3.22. The summed E-state index contributed by atoms with van der Waals surface area (Å²) >= 11 is 1.60. The van der Waals surface area contributed by atoms with Gasteiger partial charge in [-0.05, 0) is 32.5 Å². The number of carbonyl (C=O) groups excluding carboxylic acids is 1. The van der Waals surface area contributed by atoms with E-state index in [9.17, 15) is 4.79 Å². The van der Waals surface area contributed by atoms with Crippen LogP contribution < -0.4 is 5.32 Å². The molecule has 3 aromatic rings. The summed E-state index contributed by atoms with van der Waals surface area (Å²) in [6.45, 7) is 9.16. The van der Waals surface area contributed by atoms with Crippen molar-refractivity contribution in [2.45, 2.75) is 40.2 Å². The maximum atomic E-state index is 12.7. The van der Waals surface area contributed by atoms with Crippen molar-refractivity contribution < 1.29 is 4.79 Å². The number of para-hydroxylation sites is 1. The van der Waals surface area contributed by atoms with E-state index in [0.717, 1.165) is 54.4 Å². The van der Waals surface area contributed by atoms with E-state index in [2.05, 4.69) is 27.2 Å². The number of nitrogens with zero attached hydrogens (tertiary/aromatic N) is 4. The van der Waals surface area contributed by atoms with Crippen molar-refractivity contribution in [3.8, 4) is 5.69 Å². The molecule has 3 heterocycles. The lowest BCUT2D eigenvalue weighted by molar-refractivity contribution is -0.115. The second-order valence-electron chi connectivity index (χ2n) is 7.13. The van der Waals surface area contributed by atoms with Crippen molar-refractivity contribution in [3.63, 3.8) is 0 Å². The molecule has 1 aliphatic heterocycles. The number of thiazole rings is 1. The molecule has 0 atom stereocenters. The van der Waals surface area contributed by atoms with Gasteiger partial charge < -0.3 is 5.32 Å². The standard InChI is InChI=1S/C21H25N5OS/c1-4-25-11-10-18-19(13-25)28-21(22-18)23-20(27)12-17-14(2)24-26(15(17)3)16-8-6-5-7-9-16/h5-9H,4,10-13H2,1-3H3,(H,22,23,27). The van der Waals surface area contributed by atoms with Crippen molar-refractivity contribution in [1.82, 2.24) is 19.7 Å². The predicted octanol–water partition coefficient (Wildman–Crippen LogP) is 3.50. The van der Waals surface area contributed by atoms with E-state index in [0.29, 0.717) is 11.6 Å². The van der Waals surface area contributed by atoms with Gasteiger partial charge in [0.2, 0.25) is 5.91 Å². The van der Waals surface area contributed by atoms with E-state index in [1.165, 1.54) is 4.88 Å². The zero-order valence-electron chi connectivity index (χ0n) is 16.5. The normalized spacial score (nSPS) is 14.1. The second-order valence-corrected chi connectivity index (χ2v) is 8.21. The maximum absolute atomic E-state index is 12.7. The van der Waals surface area contributed by atoms with Crippen LogP contribution in [-0.2, 0) is 24.2 Å². The minimum atomic E-state index is -0.0442. The lowest BCUT2D eigenvalue weighted by Crippen LogP contribution is -2.29. The lowest BCUT2D eigenvalue weighted by Gasteiger charge is -2.23. The van der Waals surface area contributed by atoms with Crippen LogP contribution in [0.2, 0.25) is 0 Å². The van der Waals surface area contributed by atoms with Gasteiger partial charge in [0.1, 0.15) is 0 Å². The van der Waals surface area contributed by atoms with Crippen molar-refractivity contribution in [1.29, 1.82) is 0 Å². The van der Waals surface area contributed by atoms with Gasteiger partial charge >= 0.3 is 0 Å². The van der Waals surface area contributed by atoms with Crippen LogP contribution in [0.1, 0.15) is 34.4 Å². The van der Waals surface area contributed by atoms with Crippen molar-refractivity contribution in [3.05, 3.63) is 57.9 Å². The van der Waals surface area contributed by atoms with Gasteiger partial charge in [-0.2, -0.15) is 5.10 Å². The molecule has 6 nitrogen and oxygen atoms in total. The first-order chi connectivity index (χ1) is 13.5. The number of hydrogen-bond donors (Lipinski definition) is 1. The van der Waals surface area contributed by atoms with Gasteiger partial charge in [-0.1, -0.05) is 25.1 Å². The molecule has 0 aliphatic carbocycles. The molecule has 0 fully saturated rings. The van der Waals surface area contributed by atoms with Gasteiger partial charge in [0.05, 0.1) is 23.5 Å². The number of aromatic nitrogens is 3.